The highest BCUT2D eigenvalue weighted by atomic mass is 32.2. The van der Waals surface area contributed by atoms with Gasteiger partial charge in [-0.1, -0.05) is 36.4 Å². The lowest BCUT2D eigenvalue weighted by atomic mass is 10.2. The zero-order valence-corrected chi connectivity index (χ0v) is 11.9. The molecule has 2 aromatic carbocycles. The van der Waals surface area contributed by atoms with Crippen LogP contribution in [-0.4, -0.2) is 21.4 Å². The van der Waals surface area contributed by atoms with Gasteiger partial charge in [-0.3, -0.25) is 4.79 Å². The van der Waals surface area contributed by atoms with Crippen molar-refractivity contribution in [3.63, 3.8) is 0 Å². The Morgan fingerprint density at radius 3 is 2.40 bits per heavy atom. The molecule has 0 aromatic heterocycles. The summed E-state index contributed by atoms with van der Waals surface area (Å²) in [5.74, 6) is -0.382. The molecule has 0 saturated carbocycles. The molecule has 0 saturated heterocycles. The van der Waals surface area contributed by atoms with Crippen LogP contribution in [0.15, 0.2) is 59.5 Å². The number of carbonyl (C=O) groups is 1. The first-order valence-corrected chi connectivity index (χ1v) is 7.77. The van der Waals surface area contributed by atoms with Gasteiger partial charge < -0.3 is 5.32 Å². The number of hydrogen-bond donors (Lipinski definition) is 1. The molecule has 0 aliphatic carbocycles. The fraction of sp³-hybridized carbons (Fsp3) is 0.133. The van der Waals surface area contributed by atoms with Gasteiger partial charge in [0.05, 0.1) is 10.6 Å². The van der Waals surface area contributed by atoms with Gasteiger partial charge in [0.15, 0.2) is 9.84 Å². The number of amides is 1. The van der Waals surface area contributed by atoms with Crippen LogP contribution in [0.1, 0.15) is 15.9 Å². The summed E-state index contributed by atoms with van der Waals surface area (Å²) in [6, 6.07) is 15.0. The standard InChI is InChI=1S/C15H15NO3S/c1-16-15(17)13-8-5-9-14(10-13)20(18,19)11-12-6-3-2-4-7-12/h2-10H,11H2,1H3,(H,16,17). The molecule has 2 rings (SSSR count). The molecule has 20 heavy (non-hydrogen) atoms. The molecule has 104 valence electrons. The third kappa shape index (κ3) is 3.24. The van der Waals surface area contributed by atoms with Crippen molar-refractivity contribution in [2.75, 3.05) is 7.05 Å². The van der Waals surface area contributed by atoms with Crippen molar-refractivity contribution in [1.82, 2.24) is 5.32 Å². The molecule has 0 atom stereocenters. The SMILES string of the molecule is CNC(=O)c1cccc(S(=O)(=O)Cc2ccccc2)c1. The third-order valence-corrected chi connectivity index (χ3v) is 4.57. The summed E-state index contributed by atoms with van der Waals surface area (Å²) in [5, 5.41) is 2.48. The van der Waals surface area contributed by atoms with Gasteiger partial charge in [-0.05, 0) is 23.8 Å². The van der Waals surface area contributed by atoms with Crippen LogP contribution < -0.4 is 5.32 Å². The number of nitrogens with one attached hydrogen (secondary N) is 1. The van der Waals surface area contributed by atoms with E-state index in [1.807, 2.05) is 6.07 Å². The Morgan fingerprint density at radius 1 is 1.05 bits per heavy atom. The second kappa shape index (κ2) is 5.88. The molecule has 5 heteroatoms. The van der Waals surface area contributed by atoms with E-state index in [0.29, 0.717) is 5.56 Å². The molecular formula is C15H15NO3S. The lowest BCUT2D eigenvalue weighted by molar-refractivity contribution is 0.0963. The molecule has 0 fully saturated rings. The molecule has 0 heterocycles. The second-order valence-corrected chi connectivity index (χ2v) is 6.34. The number of carbonyl (C=O) groups excluding carboxylic acids is 1. The van der Waals surface area contributed by atoms with Crippen LogP contribution in [0.3, 0.4) is 0 Å². The number of benzene rings is 2. The monoisotopic (exact) mass is 289 g/mol. The maximum atomic E-state index is 12.3. The van der Waals surface area contributed by atoms with Crippen LogP contribution in [0.2, 0.25) is 0 Å². The Kier molecular flexibility index (Phi) is 4.20. The van der Waals surface area contributed by atoms with Gasteiger partial charge in [0.1, 0.15) is 0 Å². The minimum Gasteiger partial charge on any atom is -0.355 e. The number of rotatable bonds is 4. The Hall–Kier alpha value is -2.14. The maximum Gasteiger partial charge on any atom is 0.251 e. The van der Waals surface area contributed by atoms with Gasteiger partial charge in [0, 0.05) is 12.6 Å². The molecular weight excluding hydrogens is 274 g/mol. The van der Waals surface area contributed by atoms with Gasteiger partial charge in [0.2, 0.25) is 0 Å². The molecule has 2 aromatic rings. The number of sulfone groups is 1. The van der Waals surface area contributed by atoms with Crippen molar-refractivity contribution in [2.24, 2.45) is 0 Å². The first-order chi connectivity index (χ1) is 9.53. The van der Waals surface area contributed by atoms with Crippen LogP contribution in [-0.2, 0) is 15.6 Å². The van der Waals surface area contributed by atoms with E-state index >= 15 is 0 Å². The molecule has 1 amide bonds. The average molecular weight is 289 g/mol. The quantitative estimate of drug-likeness (QED) is 0.936. The Labute approximate surface area is 118 Å². The summed E-state index contributed by atoms with van der Waals surface area (Å²) in [7, 11) is -1.95. The molecule has 0 bridgehead atoms. The average Bonchev–Trinajstić information content (AvgIpc) is 2.47. The largest absolute Gasteiger partial charge is 0.355 e. The van der Waals surface area contributed by atoms with E-state index in [1.165, 1.54) is 19.2 Å². The first kappa shape index (κ1) is 14.3. The minimum absolute atomic E-state index is 0.0783. The first-order valence-electron chi connectivity index (χ1n) is 6.12. The highest BCUT2D eigenvalue weighted by Crippen LogP contribution is 2.17. The topological polar surface area (TPSA) is 63.2 Å². The molecule has 0 aliphatic heterocycles. The van der Waals surface area contributed by atoms with Gasteiger partial charge in [-0.25, -0.2) is 8.42 Å². The van der Waals surface area contributed by atoms with E-state index in [9.17, 15) is 13.2 Å². The molecule has 0 aliphatic rings. The van der Waals surface area contributed by atoms with E-state index < -0.39 is 9.84 Å². The summed E-state index contributed by atoms with van der Waals surface area (Å²) < 4.78 is 24.7. The predicted molar refractivity (Wildman–Crippen MR) is 77.2 cm³/mol. The fourth-order valence-electron chi connectivity index (χ4n) is 1.85. The van der Waals surface area contributed by atoms with Crippen LogP contribution in [0.4, 0.5) is 0 Å². The van der Waals surface area contributed by atoms with Crippen molar-refractivity contribution < 1.29 is 13.2 Å². The van der Waals surface area contributed by atoms with Crippen LogP contribution in [0.25, 0.3) is 0 Å². The normalized spacial score (nSPS) is 11.1. The zero-order chi connectivity index (χ0) is 14.6. The van der Waals surface area contributed by atoms with Crippen LogP contribution in [0.5, 0.6) is 0 Å². The third-order valence-electron chi connectivity index (χ3n) is 2.88. The number of hydrogen-bond acceptors (Lipinski definition) is 3. The summed E-state index contributed by atoms with van der Waals surface area (Å²) in [5.41, 5.74) is 1.06. The smallest absolute Gasteiger partial charge is 0.251 e. The van der Waals surface area contributed by atoms with Crippen LogP contribution >= 0.6 is 0 Å². The second-order valence-electron chi connectivity index (χ2n) is 4.35. The van der Waals surface area contributed by atoms with E-state index in [2.05, 4.69) is 5.32 Å². The predicted octanol–water partition coefficient (Wildman–Crippen LogP) is 2.02. The highest BCUT2D eigenvalue weighted by Gasteiger charge is 2.16. The van der Waals surface area contributed by atoms with Gasteiger partial charge in [-0.2, -0.15) is 0 Å². The fourth-order valence-corrected chi connectivity index (χ4v) is 3.24. The molecule has 1 N–H and O–H groups in total. The Bertz CT molecular complexity index is 709. The van der Waals surface area contributed by atoms with Crippen LogP contribution in [0, 0.1) is 0 Å². The molecule has 0 unspecified atom stereocenters. The van der Waals surface area contributed by atoms with E-state index in [-0.39, 0.29) is 16.6 Å². The highest BCUT2D eigenvalue weighted by molar-refractivity contribution is 7.90. The lowest BCUT2D eigenvalue weighted by Gasteiger charge is -2.06. The van der Waals surface area contributed by atoms with Crippen molar-refractivity contribution in [3.05, 3.63) is 65.7 Å². The summed E-state index contributed by atoms with van der Waals surface area (Å²) in [6.45, 7) is 0. The minimum atomic E-state index is -3.46. The van der Waals surface area contributed by atoms with Gasteiger partial charge in [-0.15, -0.1) is 0 Å². The molecule has 4 nitrogen and oxygen atoms in total. The van der Waals surface area contributed by atoms with Crippen molar-refractivity contribution in [3.8, 4) is 0 Å². The Morgan fingerprint density at radius 2 is 1.75 bits per heavy atom. The van der Waals surface area contributed by atoms with Crippen molar-refractivity contribution in [1.29, 1.82) is 0 Å². The van der Waals surface area contributed by atoms with E-state index in [4.69, 9.17) is 0 Å². The Balaban J connectivity index is 2.33. The zero-order valence-electron chi connectivity index (χ0n) is 11.0. The molecule has 0 spiro atoms. The van der Waals surface area contributed by atoms with E-state index in [0.717, 1.165) is 5.56 Å². The van der Waals surface area contributed by atoms with Crippen molar-refractivity contribution >= 4 is 15.7 Å². The van der Waals surface area contributed by atoms with Gasteiger partial charge in [0.25, 0.3) is 5.91 Å². The van der Waals surface area contributed by atoms with Gasteiger partial charge >= 0.3 is 0 Å². The maximum absolute atomic E-state index is 12.3. The summed E-state index contributed by atoms with van der Waals surface area (Å²) in [6.07, 6.45) is 0. The summed E-state index contributed by atoms with van der Waals surface area (Å²) >= 11 is 0. The van der Waals surface area contributed by atoms with Crippen molar-refractivity contribution in [2.45, 2.75) is 10.6 Å². The lowest BCUT2D eigenvalue weighted by Crippen LogP contribution is -2.18. The van der Waals surface area contributed by atoms with E-state index in [1.54, 1.807) is 36.4 Å². The summed E-state index contributed by atoms with van der Waals surface area (Å²) in [4.78, 5) is 11.7. The molecule has 0 radical (unpaired) electrons.